The molecule has 2 N–H and O–H groups in total. The molecule has 0 bridgehead atoms. The zero-order valence-corrected chi connectivity index (χ0v) is 11.6. The number of rotatable bonds is 2. The minimum absolute atomic E-state index is 0.426. The van der Waals surface area contributed by atoms with E-state index < -0.39 is 0 Å². The van der Waals surface area contributed by atoms with Gasteiger partial charge in [0.25, 0.3) is 0 Å². The van der Waals surface area contributed by atoms with E-state index >= 15 is 0 Å². The molecule has 0 radical (unpaired) electrons. The quantitative estimate of drug-likeness (QED) is 0.816. The van der Waals surface area contributed by atoms with Crippen LogP contribution in [0.4, 0.5) is 5.69 Å². The van der Waals surface area contributed by atoms with E-state index in [1.54, 1.807) is 0 Å². The first-order chi connectivity index (χ1) is 7.89. The maximum Gasteiger partial charge on any atom is 0.104 e. The molecule has 1 aromatic rings. The van der Waals surface area contributed by atoms with Gasteiger partial charge in [-0.3, -0.25) is 0 Å². The van der Waals surface area contributed by atoms with E-state index in [0.717, 1.165) is 18.7 Å². The molecular formula is C14H20N2S. The van der Waals surface area contributed by atoms with Crippen LogP contribution in [0, 0.1) is 12.3 Å². The van der Waals surface area contributed by atoms with Gasteiger partial charge in [0.05, 0.1) is 0 Å². The van der Waals surface area contributed by atoms with Gasteiger partial charge in [0.1, 0.15) is 4.99 Å². The molecule has 1 aliphatic rings. The van der Waals surface area contributed by atoms with Crippen molar-refractivity contribution in [1.82, 2.24) is 0 Å². The number of hydrogen-bond donors (Lipinski definition) is 1. The van der Waals surface area contributed by atoms with Gasteiger partial charge in [-0.2, -0.15) is 0 Å². The summed E-state index contributed by atoms with van der Waals surface area (Å²) in [6.45, 7) is 8.98. The highest BCUT2D eigenvalue weighted by Crippen LogP contribution is 2.33. The molecule has 1 fully saturated rings. The lowest BCUT2D eigenvalue weighted by Gasteiger charge is -2.22. The summed E-state index contributed by atoms with van der Waals surface area (Å²) in [5, 5.41) is 0. The van der Waals surface area contributed by atoms with Crippen molar-refractivity contribution in [3.63, 3.8) is 0 Å². The molecule has 0 amide bonds. The van der Waals surface area contributed by atoms with E-state index in [1.165, 1.54) is 17.7 Å². The molecule has 0 aliphatic carbocycles. The fourth-order valence-corrected chi connectivity index (χ4v) is 2.68. The van der Waals surface area contributed by atoms with E-state index in [4.69, 9.17) is 18.0 Å². The zero-order chi connectivity index (χ0) is 12.6. The third kappa shape index (κ3) is 2.60. The van der Waals surface area contributed by atoms with Gasteiger partial charge in [0.2, 0.25) is 0 Å². The Balaban J connectivity index is 2.24. The first-order valence-electron chi connectivity index (χ1n) is 6.04. The largest absolute Gasteiger partial charge is 0.389 e. The van der Waals surface area contributed by atoms with Crippen LogP contribution in [0.3, 0.4) is 0 Å². The van der Waals surface area contributed by atoms with Crippen LogP contribution in [-0.4, -0.2) is 18.1 Å². The highest BCUT2D eigenvalue weighted by atomic mass is 32.1. The summed E-state index contributed by atoms with van der Waals surface area (Å²) in [5.41, 5.74) is 9.55. The van der Waals surface area contributed by atoms with Crippen molar-refractivity contribution in [3.8, 4) is 0 Å². The number of nitrogens with zero attached hydrogens (tertiary/aromatic N) is 1. The van der Waals surface area contributed by atoms with Crippen LogP contribution in [0.2, 0.25) is 0 Å². The number of anilines is 1. The summed E-state index contributed by atoms with van der Waals surface area (Å²) in [5.74, 6) is 0. The van der Waals surface area contributed by atoms with Crippen LogP contribution < -0.4 is 10.6 Å². The molecule has 0 saturated carbocycles. The lowest BCUT2D eigenvalue weighted by molar-refractivity contribution is 0.418. The minimum Gasteiger partial charge on any atom is -0.389 e. The minimum atomic E-state index is 0.426. The summed E-state index contributed by atoms with van der Waals surface area (Å²) >= 11 is 5.03. The molecular weight excluding hydrogens is 228 g/mol. The summed E-state index contributed by atoms with van der Waals surface area (Å²) in [7, 11) is 0. The molecule has 0 unspecified atom stereocenters. The molecule has 17 heavy (non-hydrogen) atoms. The smallest absolute Gasteiger partial charge is 0.104 e. The summed E-state index contributed by atoms with van der Waals surface area (Å²) in [6.07, 6.45) is 1.25. The van der Waals surface area contributed by atoms with Crippen LogP contribution in [0.25, 0.3) is 0 Å². The molecule has 0 atom stereocenters. The van der Waals surface area contributed by atoms with Crippen LogP contribution in [0.15, 0.2) is 18.2 Å². The van der Waals surface area contributed by atoms with Gasteiger partial charge < -0.3 is 10.6 Å². The predicted octanol–water partition coefficient (Wildman–Crippen LogP) is 2.87. The number of nitrogens with two attached hydrogens (primary N) is 1. The lowest BCUT2D eigenvalue weighted by atomic mass is 9.93. The fraction of sp³-hybridized carbons (Fsp3) is 0.500. The second-order valence-electron chi connectivity index (χ2n) is 5.70. The highest BCUT2D eigenvalue weighted by Gasteiger charge is 2.29. The van der Waals surface area contributed by atoms with E-state index in [9.17, 15) is 0 Å². The molecule has 1 saturated heterocycles. The summed E-state index contributed by atoms with van der Waals surface area (Å²) in [6, 6.07) is 6.36. The Morgan fingerprint density at radius 2 is 2.12 bits per heavy atom. The van der Waals surface area contributed by atoms with Crippen LogP contribution in [-0.2, 0) is 0 Å². The Morgan fingerprint density at radius 1 is 1.41 bits per heavy atom. The van der Waals surface area contributed by atoms with Crippen LogP contribution >= 0.6 is 12.2 Å². The maximum atomic E-state index is 5.68. The lowest BCUT2D eigenvalue weighted by Crippen LogP contribution is -2.23. The van der Waals surface area contributed by atoms with Crippen molar-refractivity contribution < 1.29 is 0 Å². The second-order valence-corrected chi connectivity index (χ2v) is 6.14. The van der Waals surface area contributed by atoms with Crippen LogP contribution in [0.1, 0.15) is 31.4 Å². The predicted molar refractivity (Wildman–Crippen MR) is 77.7 cm³/mol. The molecule has 0 spiro atoms. The summed E-state index contributed by atoms with van der Waals surface area (Å²) < 4.78 is 0. The van der Waals surface area contributed by atoms with Gasteiger partial charge in [0.15, 0.2) is 0 Å². The Hall–Kier alpha value is -1.09. The second kappa shape index (κ2) is 4.30. The molecule has 92 valence electrons. The van der Waals surface area contributed by atoms with Gasteiger partial charge in [-0.25, -0.2) is 0 Å². The maximum absolute atomic E-state index is 5.68. The van der Waals surface area contributed by atoms with E-state index in [2.05, 4.69) is 37.8 Å². The van der Waals surface area contributed by atoms with E-state index in [0.29, 0.717) is 10.4 Å². The highest BCUT2D eigenvalue weighted by molar-refractivity contribution is 7.80. The van der Waals surface area contributed by atoms with E-state index in [1.807, 2.05) is 6.07 Å². The number of aryl methyl sites for hydroxylation is 1. The monoisotopic (exact) mass is 248 g/mol. The summed E-state index contributed by atoms with van der Waals surface area (Å²) in [4.78, 5) is 2.92. The standard InChI is InChI=1S/C14H20N2S/c1-10-8-11(4-5-12(10)13(15)17)16-7-6-14(2,3)9-16/h4-5,8H,6-7,9H2,1-3H3,(H2,15,17). The van der Waals surface area contributed by atoms with Gasteiger partial charge in [-0.05, 0) is 42.5 Å². The SMILES string of the molecule is Cc1cc(N2CCC(C)(C)C2)ccc1C(N)=S. The van der Waals surface area contributed by atoms with E-state index in [-0.39, 0.29) is 0 Å². The molecule has 2 nitrogen and oxygen atoms in total. The zero-order valence-electron chi connectivity index (χ0n) is 10.8. The third-order valence-corrected chi connectivity index (χ3v) is 3.74. The number of hydrogen-bond acceptors (Lipinski definition) is 2. The van der Waals surface area contributed by atoms with Crippen molar-refractivity contribution >= 4 is 22.9 Å². The normalized spacial score (nSPS) is 18.4. The van der Waals surface area contributed by atoms with Crippen molar-refractivity contribution in [3.05, 3.63) is 29.3 Å². The molecule has 1 heterocycles. The van der Waals surface area contributed by atoms with Gasteiger partial charge >= 0.3 is 0 Å². The Kier molecular flexibility index (Phi) is 3.13. The first kappa shape index (κ1) is 12.4. The van der Waals surface area contributed by atoms with Crippen molar-refractivity contribution in [2.24, 2.45) is 11.1 Å². The average Bonchev–Trinajstić information content (AvgIpc) is 2.58. The van der Waals surface area contributed by atoms with Crippen LogP contribution in [0.5, 0.6) is 0 Å². The van der Waals surface area contributed by atoms with Crippen molar-refractivity contribution in [2.75, 3.05) is 18.0 Å². The first-order valence-corrected chi connectivity index (χ1v) is 6.45. The Labute approximate surface area is 109 Å². The van der Waals surface area contributed by atoms with Crippen molar-refractivity contribution in [2.45, 2.75) is 27.2 Å². The molecule has 3 heteroatoms. The Bertz CT molecular complexity index is 452. The Morgan fingerprint density at radius 3 is 2.59 bits per heavy atom. The topological polar surface area (TPSA) is 29.3 Å². The molecule has 1 aliphatic heterocycles. The molecule has 1 aromatic carbocycles. The van der Waals surface area contributed by atoms with Gasteiger partial charge in [-0.1, -0.05) is 26.1 Å². The number of thiocarbonyl (C=S) groups is 1. The van der Waals surface area contributed by atoms with Gasteiger partial charge in [0, 0.05) is 24.3 Å². The third-order valence-electron chi connectivity index (χ3n) is 3.52. The fourth-order valence-electron chi connectivity index (χ4n) is 2.45. The molecule has 2 rings (SSSR count). The average molecular weight is 248 g/mol. The number of benzene rings is 1. The van der Waals surface area contributed by atoms with Gasteiger partial charge in [-0.15, -0.1) is 0 Å². The molecule has 0 aromatic heterocycles. The van der Waals surface area contributed by atoms with Crippen molar-refractivity contribution in [1.29, 1.82) is 0 Å².